The zero-order chi connectivity index (χ0) is 21.0. The maximum atomic E-state index is 13.0. The predicted molar refractivity (Wildman–Crippen MR) is 110 cm³/mol. The number of halogens is 1. The average molecular weight is 425 g/mol. The smallest absolute Gasteiger partial charge is 0.410 e. The number of methoxy groups -OCH3 is 2. The van der Waals surface area contributed by atoms with Gasteiger partial charge in [-0.1, -0.05) is 31.4 Å². The molecule has 0 radical (unpaired) electrons. The number of likely N-dealkylation sites (tertiary alicyclic amines) is 1. The molecule has 2 aliphatic rings. The number of cyclic esters (lactones) is 1. The summed E-state index contributed by atoms with van der Waals surface area (Å²) < 4.78 is 15.8. The van der Waals surface area contributed by atoms with Crippen LogP contribution >= 0.6 is 11.6 Å². The van der Waals surface area contributed by atoms with Gasteiger partial charge in [0.2, 0.25) is 0 Å². The first kappa shape index (κ1) is 21.6. The van der Waals surface area contributed by atoms with E-state index in [1.807, 2.05) is 4.90 Å². The number of piperidine rings is 1. The lowest BCUT2D eigenvalue weighted by Crippen LogP contribution is -2.49. The van der Waals surface area contributed by atoms with Crippen molar-refractivity contribution in [1.82, 2.24) is 9.80 Å². The Morgan fingerprint density at radius 1 is 1.24 bits per heavy atom. The van der Waals surface area contributed by atoms with Gasteiger partial charge in [0.1, 0.15) is 6.61 Å². The standard InChI is InChI=1S/C21H29ClN2O5/c1-4-5-6-15-13-29-21(26)24(15)14-9-11-23(12-10-14)20(25)16-7-8-17(27-2)19(28-3)18(16)22/h7-8,14-15H,4-6,9-13H2,1-3H3. The first-order chi connectivity index (χ1) is 14.0. The first-order valence-electron chi connectivity index (χ1n) is 10.2. The number of benzene rings is 1. The summed E-state index contributed by atoms with van der Waals surface area (Å²) in [4.78, 5) is 29.0. The van der Waals surface area contributed by atoms with E-state index in [9.17, 15) is 9.59 Å². The normalized spacial score (nSPS) is 20.0. The summed E-state index contributed by atoms with van der Waals surface area (Å²) in [5.41, 5.74) is 0.393. The molecule has 7 nitrogen and oxygen atoms in total. The minimum Gasteiger partial charge on any atom is -0.493 e. The van der Waals surface area contributed by atoms with Crippen LogP contribution in [0.3, 0.4) is 0 Å². The van der Waals surface area contributed by atoms with Crippen LogP contribution in [0, 0.1) is 0 Å². The lowest BCUT2D eigenvalue weighted by atomic mass is 9.99. The SMILES string of the molecule is CCCCC1COC(=O)N1C1CCN(C(=O)c2ccc(OC)c(OC)c2Cl)CC1. The van der Waals surface area contributed by atoms with Gasteiger partial charge in [0.05, 0.1) is 30.8 Å². The van der Waals surface area contributed by atoms with Crippen LogP contribution in [0.5, 0.6) is 11.5 Å². The highest BCUT2D eigenvalue weighted by atomic mass is 35.5. The molecule has 3 rings (SSSR count). The molecule has 0 aromatic heterocycles. The summed E-state index contributed by atoms with van der Waals surface area (Å²) in [6.07, 6.45) is 4.37. The molecule has 2 saturated heterocycles. The van der Waals surface area contributed by atoms with Crippen LogP contribution in [0.4, 0.5) is 4.79 Å². The summed E-state index contributed by atoms with van der Waals surface area (Å²) in [7, 11) is 3.02. The molecule has 2 amide bonds. The summed E-state index contributed by atoms with van der Waals surface area (Å²) in [5.74, 6) is 0.702. The number of hydrogen-bond acceptors (Lipinski definition) is 5. The van der Waals surface area contributed by atoms with Gasteiger partial charge in [-0.2, -0.15) is 0 Å². The lowest BCUT2D eigenvalue weighted by Gasteiger charge is -2.38. The zero-order valence-electron chi connectivity index (χ0n) is 17.3. The molecule has 1 aromatic rings. The van der Waals surface area contributed by atoms with Gasteiger partial charge in [0.25, 0.3) is 5.91 Å². The van der Waals surface area contributed by atoms with Crippen LogP contribution < -0.4 is 9.47 Å². The predicted octanol–water partition coefficient (Wildman–Crippen LogP) is 3.97. The van der Waals surface area contributed by atoms with Gasteiger partial charge in [0, 0.05) is 19.1 Å². The number of carbonyl (C=O) groups is 2. The van der Waals surface area contributed by atoms with Gasteiger partial charge in [-0.25, -0.2) is 4.79 Å². The Bertz CT molecular complexity index is 749. The minimum atomic E-state index is -0.223. The molecule has 29 heavy (non-hydrogen) atoms. The molecule has 2 aliphatic heterocycles. The van der Waals surface area contributed by atoms with E-state index in [1.165, 1.54) is 14.2 Å². The Morgan fingerprint density at radius 3 is 2.59 bits per heavy atom. The van der Waals surface area contributed by atoms with Crippen molar-refractivity contribution in [2.75, 3.05) is 33.9 Å². The summed E-state index contributed by atoms with van der Waals surface area (Å²) in [6.45, 7) is 3.75. The average Bonchev–Trinajstić information content (AvgIpc) is 3.11. The van der Waals surface area contributed by atoms with E-state index in [2.05, 4.69) is 6.92 Å². The third-order valence-corrected chi connectivity index (χ3v) is 6.13. The summed E-state index contributed by atoms with van der Waals surface area (Å²) in [5, 5.41) is 0.252. The molecular formula is C21H29ClN2O5. The van der Waals surface area contributed by atoms with Gasteiger partial charge in [-0.15, -0.1) is 0 Å². The Kier molecular flexibility index (Phi) is 7.11. The largest absolute Gasteiger partial charge is 0.493 e. The highest BCUT2D eigenvalue weighted by Crippen LogP contribution is 2.38. The summed E-state index contributed by atoms with van der Waals surface area (Å²) in [6, 6.07) is 3.60. The van der Waals surface area contributed by atoms with Crippen LogP contribution in [0.25, 0.3) is 0 Å². The number of rotatable bonds is 7. The van der Waals surface area contributed by atoms with Crippen molar-refractivity contribution in [2.45, 2.75) is 51.1 Å². The molecular weight excluding hydrogens is 396 g/mol. The summed E-state index contributed by atoms with van der Waals surface area (Å²) >= 11 is 6.40. The lowest BCUT2D eigenvalue weighted by molar-refractivity contribution is 0.0633. The van der Waals surface area contributed by atoms with Crippen LogP contribution in [0.1, 0.15) is 49.4 Å². The number of ether oxygens (including phenoxy) is 3. The molecule has 1 atom stereocenters. The Labute approximate surface area is 176 Å². The number of amides is 2. The van der Waals surface area contributed by atoms with Crippen LogP contribution in [-0.4, -0.2) is 67.8 Å². The highest BCUT2D eigenvalue weighted by molar-refractivity contribution is 6.35. The van der Waals surface area contributed by atoms with Gasteiger partial charge in [-0.05, 0) is 31.4 Å². The fourth-order valence-corrected chi connectivity index (χ4v) is 4.47. The number of nitrogens with zero attached hydrogens (tertiary/aromatic N) is 2. The van der Waals surface area contributed by atoms with Crippen molar-refractivity contribution < 1.29 is 23.8 Å². The van der Waals surface area contributed by atoms with Gasteiger partial charge >= 0.3 is 6.09 Å². The molecule has 2 heterocycles. The van der Waals surface area contributed by atoms with E-state index in [4.69, 9.17) is 25.8 Å². The van der Waals surface area contributed by atoms with Gasteiger partial charge < -0.3 is 19.1 Å². The number of unbranched alkanes of at least 4 members (excludes halogenated alkanes) is 1. The molecule has 0 bridgehead atoms. The van der Waals surface area contributed by atoms with Crippen LogP contribution in [-0.2, 0) is 4.74 Å². The van der Waals surface area contributed by atoms with Crippen molar-refractivity contribution in [3.63, 3.8) is 0 Å². The third kappa shape index (κ3) is 4.39. The van der Waals surface area contributed by atoms with E-state index in [0.717, 1.165) is 32.1 Å². The molecule has 0 aliphatic carbocycles. The second kappa shape index (κ2) is 9.57. The van der Waals surface area contributed by atoms with E-state index >= 15 is 0 Å². The molecule has 0 spiro atoms. The Balaban J connectivity index is 1.66. The van der Waals surface area contributed by atoms with Crippen molar-refractivity contribution in [3.8, 4) is 11.5 Å². The van der Waals surface area contributed by atoms with Crippen LogP contribution in [0.2, 0.25) is 5.02 Å². The van der Waals surface area contributed by atoms with Crippen molar-refractivity contribution in [1.29, 1.82) is 0 Å². The second-order valence-electron chi connectivity index (χ2n) is 7.47. The molecule has 0 N–H and O–H groups in total. The molecule has 1 aromatic carbocycles. The Hall–Kier alpha value is -2.15. The first-order valence-corrected chi connectivity index (χ1v) is 10.5. The van der Waals surface area contributed by atoms with E-state index in [-0.39, 0.29) is 29.1 Å². The number of carbonyl (C=O) groups excluding carboxylic acids is 2. The maximum Gasteiger partial charge on any atom is 0.410 e. The fourth-order valence-electron chi connectivity index (χ4n) is 4.15. The van der Waals surface area contributed by atoms with Crippen molar-refractivity contribution in [3.05, 3.63) is 22.7 Å². The molecule has 2 fully saturated rings. The van der Waals surface area contributed by atoms with E-state index < -0.39 is 0 Å². The molecule has 160 valence electrons. The van der Waals surface area contributed by atoms with Crippen LogP contribution in [0.15, 0.2) is 12.1 Å². The fraction of sp³-hybridized carbons (Fsp3) is 0.619. The third-order valence-electron chi connectivity index (χ3n) is 5.75. The molecule has 1 unspecified atom stereocenters. The number of hydrogen-bond donors (Lipinski definition) is 0. The van der Waals surface area contributed by atoms with Gasteiger partial charge in [0.15, 0.2) is 11.5 Å². The van der Waals surface area contributed by atoms with Gasteiger partial charge in [-0.3, -0.25) is 9.69 Å². The quantitative estimate of drug-likeness (QED) is 0.662. The Morgan fingerprint density at radius 2 is 1.97 bits per heavy atom. The topological polar surface area (TPSA) is 68.3 Å². The highest BCUT2D eigenvalue weighted by Gasteiger charge is 2.39. The monoisotopic (exact) mass is 424 g/mol. The minimum absolute atomic E-state index is 0.108. The van der Waals surface area contributed by atoms with Crippen molar-refractivity contribution in [2.24, 2.45) is 0 Å². The van der Waals surface area contributed by atoms with E-state index in [1.54, 1.807) is 17.0 Å². The van der Waals surface area contributed by atoms with E-state index in [0.29, 0.717) is 36.8 Å². The van der Waals surface area contributed by atoms with Crippen molar-refractivity contribution >= 4 is 23.6 Å². The second-order valence-corrected chi connectivity index (χ2v) is 7.84. The molecule has 8 heteroatoms. The maximum absolute atomic E-state index is 13.0. The zero-order valence-corrected chi connectivity index (χ0v) is 18.0. The molecule has 0 saturated carbocycles.